The van der Waals surface area contributed by atoms with Crippen molar-refractivity contribution in [3.8, 4) is 0 Å². The molecule has 1 aliphatic rings. The zero-order valence-electron chi connectivity index (χ0n) is 12.2. The van der Waals surface area contributed by atoms with Gasteiger partial charge < -0.3 is 20.5 Å². The monoisotopic (exact) mass is 272 g/mol. The number of amides is 1. The van der Waals surface area contributed by atoms with E-state index in [9.17, 15) is 9.90 Å². The number of aliphatic hydroxyl groups excluding tert-OH is 1. The highest BCUT2D eigenvalue weighted by molar-refractivity contribution is 5.82. The summed E-state index contributed by atoms with van der Waals surface area (Å²) in [4.78, 5) is 11.5. The van der Waals surface area contributed by atoms with Crippen LogP contribution in [0.5, 0.6) is 0 Å². The van der Waals surface area contributed by atoms with Gasteiger partial charge in [0.25, 0.3) is 0 Å². The van der Waals surface area contributed by atoms with Gasteiger partial charge in [-0.3, -0.25) is 4.79 Å². The van der Waals surface area contributed by atoms with E-state index in [4.69, 9.17) is 4.74 Å². The van der Waals surface area contributed by atoms with E-state index in [0.717, 1.165) is 32.2 Å². The third-order valence-electron chi connectivity index (χ3n) is 3.27. The molecule has 3 N–H and O–H groups in total. The fourth-order valence-corrected chi connectivity index (χ4v) is 2.12. The number of hydrogen-bond donors (Lipinski definition) is 3. The standard InChI is InChI=1S/C14H28N2O3/c1-11(2)5-4-8-19-10-12(17)9-16-13-6-3-7-15-14(13)18/h11-13,16-17H,3-10H2,1-2H3,(H,15,18). The van der Waals surface area contributed by atoms with Crippen LogP contribution in [0.1, 0.15) is 39.5 Å². The first-order valence-electron chi connectivity index (χ1n) is 7.36. The van der Waals surface area contributed by atoms with Crippen LogP contribution in [0.15, 0.2) is 0 Å². The molecule has 5 heteroatoms. The normalized spacial score (nSPS) is 21.5. The van der Waals surface area contributed by atoms with Gasteiger partial charge in [-0.15, -0.1) is 0 Å². The molecule has 0 aliphatic carbocycles. The summed E-state index contributed by atoms with van der Waals surface area (Å²) in [5.41, 5.74) is 0. The van der Waals surface area contributed by atoms with E-state index in [1.54, 1.807) is 0 Å². The Bertz CT molecular complexity index is 259. The van der Waals surface area contributed by atoms with E-state index < -0.39 is 6.10 Å². The maximum Gasteiger partial charge on any atom is 0.237 e. The zero-order valence-corrected chi connectivity index (χ0v) is 12.2. The van der Waals surface area contributed by atoms with Crippen molar-refractivity contribution in [2.24, 2.45) is 5.92 Å². The van der Waals surface area contributed by atoms with Gasteiger partial charge in [-0.05, 0) is 31.6 Å². The molecule has 112 valence electrons. The molecule has 1 heterocycles. The van der Waals surface area contributed by atoms with Crippen LogP contribution in [0.4, 0.5) is 0 Å². The lowest BCUT2D eigenvalue weighted by Gasteiger charge is -2.24. The molecule has 0 aromatic heterocycles. The minimum Gasteiger partial charge on any atom is -0.389 e. The number of ether oxygens (including phenoxy) is 1. The van der Waals surface area contributed by atoms with Crippen molar-refractivity contribution in [3.63, 3.8) is 0 Å². The Balaban J connectivity index is 2.01. The first kappa shape index (κ1) is 16.4. The number of piperidine rings is 1. The first-order chi connectivity index (χ1) is 9.09. The molecular weight excluding hydrogens is 244 g/mol. The van der Waals surface area contributed by atoms with Crippen LogP contribution in [0.2, 0.25) is 0 Å². The average molecular weight is 272 g/mol. The van der Waals surface area contributed by atoms with Gasteiger partial charge in [0.05, 0.1) is 18.8 Å². The maximum atomic E-state index is 11.5. The van der Waals surface area contributed by atoms with Gasteiger partial charge in [0.15, 0.2) is 0 Å². The second-order valence-corrected chi connectivity index (χ2v) is 5.66. The van der Waals surface area contributed by atoms with Crippen molar-refractivity contribution in [3.05, 3.63) is 0 Å². The number of carbonyl (C=O) groups is 1. The molecule has 1 rings (SSSR count). The Hall–Kier alpha value is -0.650. The van der Waals surface area contributed by atoms with Crippen molar-refractivity contribution in [2.75, 3.05) is 26.3 Å². The van der Waals surface area contributed by atoms with Gasteiger partial charge in [0.1, 0.15) is 0 Å². The predicted octanol–water partition coefficient (Wildman–Crippen LogP) is 0.668. The third kappa shape index (κ3) is 7.50. The van der Waals surface area contributed by atoms with Crippen LogP contribution < -0.4 is 10.6 Å². The lowest BCUT2D eigenvalue weighted by molar-refractivity contribution is -0.124. The van der Waals surface area contributed by atoms with Gasteiger partial charge in [-0.2, -0.15) is 0 Å². The van der Waals surface area contributed by atoms with Gasteiger partial charge in [0, 0.05) is 19.7 Å². The Morgan fingerprint density at radius 1 is 1.53 bits per heavy atom. The molecule has 0 aromatic rings. The molecule has 0 aromatic carbocycles. The van der Waals surface area contributed by atoms with E-state index in [-0.39, 0.29) is 11.9 Å². The lowest BCUT2D eigenvalue weighted by atomic mass is 10.1. The molecule has 2 atom stereocenters. The van der Waals surface area contributed by atoms with E-state index >= 15 is 0 Å². The SMILES string of the molecule is CC(C)CCCOCC(O)CNC1CCCNC1=O. The van der Waals surface area contributed by atoms with Crippen LogP contribution in [-0.4, -0.2) is 49.5 Å². The average Bonchev–Trinajstić information content (AvgIpc) is 2.37. The molecule has 0 spiro atoms. The molecule has 1 saturated heterocycles. The quantitative estimate of drug-likeness (QED) is 0.540. The minimum absolute atomic E-state index is 0.0382. The van der Waals surface area contributed by atoms with Crippen molar-refractivity contribution in [1.29, 1.82) is 0 Å². The van der Waals surface area contributed by atoms with Gasteiger partial charge in [0.2, 0.25) is 5.91 Å². The summed E-state index contributed by atoms with van der Waals surface area (Å²) in [7, 11) is 0. The number of nitrogens with one attached hydrogen (secondary N) is 2. The fraction of sp³-hybridized carbons (Fsp3) is 0.929. The third-order valence-corrected chi connectivity index (χ3v) is 3.27. The van der Waals surface area contributed by atoms with E-state index in [1.807, 2.05) is 0 Å². The number of hydrogen-bond acceptors (Lipinski definition) is 4. The highest BCUT2D eigenvalue weighted by atomic mass is 16.5. The van der Waals surface area contributed by atoms with Crippen molar-refractivity contribution >= 4 is 5.91 Å². The summed E-state index contributed by atoms with van der Waals surface area (Å²) >= 11 is 0. The summed E-state index contributed by atoms with van der Waals surface area (Å²) in [5, 5.41) is 15.7. The van der Waals surface area contributed by atoms with Crippen LogP contribution in [0.3, 0.4) is 0 Å². The Morgan fingerprint density at radius 2 is 2.32 bits per heavy atom. The summed E-state index contributed by atoms with van der Waals surface area (Å²) in [6.45, 7) is 6.57. The molecule has 0 saturated carbocycles. The lowest BCUT2D eigenvalue weighted by Crippen LogP contribution is -2.50. The number of carbonyl (C=O) groups excluding carboxylic acids is 1. The van der Waals surface area contributed by atoms with Crippen molar-refractivity contribution < 1.29 is 14.6 Å². The minimum atomic E-state index is -0.547. The highest BCUT2D eigenvalue weighted by Gasteiger charge is 2.21. The van der Waals surface area contributed by atoms with Gasteiger partial charge >= 0.3 is 0 Å². The Kier molecular flexibility index (Phi) is 8.02. The Morgan fingerprint density at radius 3 is 3.00 bits per heavy atom. The highest BCUT2D eigenvalue weighted by Crippen LogP contribution is 2.04. The van der Waals surface area contributed by atoms with E-state index in [0.29, 0.717) is 25.7 Å². The van der Waals surface area contributed by atoms with Crippen LogP contribution in [-0.2, 0) is 9.53 Å². The molecule has 19 heavy (non-hydrogen) atoms. The fourth-order valence-electron chi connectivity index (χ4n) is 2.12. The Labute approximate surface area is 116 Å². The topological polar surface area (TPSA) is 70.6 Å². The molecule has 2 unspecified atom stereocenters. The summed E-state index contributed by atoms with van der Waals surface area (Å²) in [6, 6.07) is -0.163. The van der Waals surface area contributed by atoms with E-state index in [1.165, 1.54) is 0 Å². The smallest absolute Gasteiger partial charge is 0.237 e. The second-order valence-electron chi connectivity index (χ2n) is 5.66. The summed E-state index contributed by atoms with van der Waals surface area (Å²) in [5.74, 6) is 0.733. The molecule has 0 radical (unpaired) electrons. The molecule has 1 aliphatic heterocycles. The molecule has 5 nitrogen and oxygen atoms in total. The van der Waals surface area contributed by atoms with Crippen LogP contribution in [0, 0.1) is 5.92 Å². The second kappa shape index (κ2) is 9.28. The molecule has 1 fully saturated rings. The van der Waals surface area contributed by atoms with Crippen LogP contribution >= 0.6 is 0 Å². The summed E-state index contributed by atoms with van der Waals surface area (Å²) < 4.78 is 5.42. The first-order valence-corrected chi connectivity index (χ1v) is 7.36. The van der Waals surface area contributed by atoms with Gasteiger partial charge in [-0.1, -0.05) is 13.8 Å². The number of rotatable bonds is 9. The molecule has 0 bridgehead atoms. The zero-order chi connectivity index (χ0) is 14.1. The summed E-state index contributed by atoms with van der Waals surface area (Å²) in [6.07, 6.45) is 3.46. The van der Waals surface area contributed by atoms with Crippen molar-refractivity contribution in [1.82, 2.24) is 10.6 Å². The van der Waals surface area contributed by atoms with Crippen LogP contribution in [0.25, 0.3) is 0 Å². The van der Waals surface area contributed by atoms with Gasteiger partial charge in [-0.25, -0.2) is 0 Å². The van der Waals surface area contributed by atoms with Crippen molar-refractivity contribution in [2.45, 2.75) is 51.7 Å². The molecule has 1 amide bonds. The maximum absolute atomic E-state index is 11.5. The number of aliphatic hydroxyl groups is 1. The predicted molar refractivity (Wildman–Crippen MR) is 74.9 cm³/mol. The van der Waals surface area contributed by atoms with E-state index in [2.05, 4.69) is 24.5 Å². The molecular formula is C14H28N2O3. The largest absolute Gasteiger partial charge is 0.389 e.